The van der Waals surface area contributed by atoms with Gasteiger partial charge in [-0.3, -0.25) is 9.78 Å². The standard InChI is InChI=1S/C26H44N2O3/c1-22(2,3)18-19(20-14-12-13-15-27-20)24(7,8)25(9,10)26(11,23(4,5)6)21(29)31-17-16-28-30/h12-15,19H,16-18H2,1-11H3. The molecule has 0 radical (unpaired) electrons. The van der Waals surface area contributed by atoms with Crippen LogP contribution in [0.15, 0.2) is 29.6 Å². The van der Waals surface area contributed by atoms with Crippen LogP contribution in [0.2, 0.25) is 0 Å². The summed E-state index contributed by atoms with van der Waals surface area (Å²) in [5.41, 5.74) is -0.849. The molecule has 5 nitrogen and oxygen atoms in total. The minimum Gasteiger partial charge on any atom is -0.463 e. The highest BCUT2D eigenvalue weighted by Gasteiger charge is 2.62. The fourth-order valence-corrected chi connectivity index (χ4v) is 4.82. The molecular weight excluding hydrogens is 388 g/mol. The third-order valence-electron chi connectivity index (χ3n) is 7.92. The Bertz CT molecular complexity index is 742. The lowest BCUT2D eigenvalue weighted by molar-refractivity contribution is -0.187. The first-order valence-electron chi connectivity index (χ1n) is 11.3. The van der Waals surface area contributed by atoms with Crippen LogP contribution in [0.25, 0.3) is 0 Å². The lowest BCUT2D eigenvalue weighted by Crippen LogP contribution is -2.59. The van der Waals surface area contributed by atoms with Crippen LogP contribution in [-0.2, 0) is 9.53 Å². The molecule has 0 amide bonds. The second kappa shape index (κ2) is 9.38. The van der Waals surface area contributed by atoms with E-state index in [-0.39, 0.29) is 41.3 Å². The van der Waals surface area contributed by atoms with Crippen LogP contribution in [-0.4, -0.2) is 24.1 Å². The first kappa shape index (κ1) is 27.3. The molecule has 0 saturated carbocycles. The van der Waals surface area contributed by atoms with Crippen LogP contribution in [0.1, 0.15) is 94.2 Å². The van der Waals surface area contributed by atoms with E-state index in [9.17, 15) is 9.70 Å². The number of rotatable bonds is 9. The van der Waals surface area contributed by atoms with Gasteiger partial charge in [0.05, 0.1) is 5.41 Å². The molecule has 0 aliphatic heterocycles. The fraction of sp³-hybridized carbons (Fsp3) is 0.769. The summed E-state index contributed by atoms with van der Waals surface area (Å²) >= 11 is 0. The van der Waals surface area contributed by atoms with E-state index < -0.39 is 10.8 Å². The quantitative estimate of drug-likeness (QED) is 0.239. The van der Waals surface area contributed by atoms with Gasteiger partial charge in [-0.2, -0.15) is 4.91 Å². The van der Waals surface area contributed by atoms with E-state index in [1.807, 2.05) is 25.3 Å². The van der Waals surface area contributed by atoms with Gasteiger partial charge >= 0.3 is 5.97 Å². The van der Waals surface area contributed by atoms with Crippen molar-refractivity contribution >= 4 is 5.97 Å². The first-order valence-corrected chi connectivity index (χ1v) is 11.3. The Morgan fingerprint density at radius 3 is 2.00 bits per heavy atom. The van der Waals surface area contributed by atoms with Gasteiger partial charge in [0.25, 0.3) is 0 Å². The van der Waals surface area contributed by atoms with E-state index in [0.29, 0.717) is 0 Å². The minimum absolute atomic E-state index is 0.0101. The maximum absolute atomic E-state index is 13.5. The third-order valence-corrected chi connectivity index (χ3v) is 7.92. The summed E-state index contributed by atoms with van der Waals surface area (Å²) in [5, 5.41) is 2.84. The van der Waals surface area contributed by atoms with Gasteiger partial charge in [-0.05, 0) is 47.1 Å². The number of hydrogen-bond donors (Lipinski definition) is 0. The Labute approximate surface area is 189 Å². The van der Waals surface area contributed by atoms with Gasteiger partial charge in [0.2, 0.25) is 0 Å². The van der Waals surface area contributed by atoms with Crippen molar-refractivity contribution in [1.82, 2.24) is 4.98 Å². The Morgan fingerprint density at radius 1 is 1.00 bits per heavy atom. The number of nitroso groups, excluding NO2 is 1. The van der Waals surface area contributed by atoms with Gasteiger partial charge < -0.3 is 4.74 Å². The molecule has 176 valence electrons. The maximum atomic E-state index is 13.5. The van der Waals surface area contributed by atoms with Gasteiger partial charge in [0.1, 0.15) is 13.2 Å². The van der Waals surface area contributed by atoms with E-state index in [2.05, 4.69) is 80.5 Å². The van der Waals surface area contributed by atoms with E-state index in [0.717, 1.165) is 12.1 Å². The second-order valence-corrected chi connectivity index (χ2v) is 12.3. The first-order chi connectivity index (χ1) is 13.9. The molecule has 2 atom stereocenters. The molecule has 0 N–H and O–H groups in total. The number of nitrogens with zero attached hydrogens (tertiary/aromatic N) is 2. The number of aromatic nitrogens is 1. The number of carbonyl (C=O) groups is 1. The van der Waals surface area contributed by atoms with Crippen molar-refractivity contribution in [2.24, 2.45) is 32.3 Å². The number of carbonyl (C=O) groups excluding carboxylic acids is 1. The fourth-order valence-electron chi connectivity index (χ4n) is 4.82. The van der Waals surface area contributed by atoms with Crippen molar-refractivity contribution < 1.29 is 9.53 Å². The van der Waals surface area contributed by atoms with Gasteiger partial charge in [0.15, 0.2) is 0 Å². The van der Waals surface area contributed by atoms with Crippen molar-refractivity contribution in [3.63, 3.8) is 0 Å². The van der Waals surface area contributed by atoms with Crippen molar-refractivity contribution in [2.45, 2.75) is 88.5 Å². The summed E-state index contributed by atoms with van der Waals surface area (Å²) in [6.45, 7) is 23.8. The van der Waals surface area contributed by atoms with Crippen LogP contribution in [0.3, 0.4) is 0 Å². The summed E-state index contributed by atoms with van der Waals surface area (Å²) in [7, 11) is 0. The van der Waals surface area contributed by atoms with E-state index in [1.165, 1.54) is 0 Å². The Hall–Kier alpha value is -1.78. The van der Waals surface area contributed by atoms with Crippen molar-refractivity contribution in [2.75, 3.05) is 13.2 Å². The second-order valence-electron chi connectivity index (χ2n) is 12.3. The number of ether oxygens (including phenoxy) is 1. The molecule has 1 heterocycles. The molecule has 0 fully saturated rings. The van der Waals surface area contributed by atoms with Crippen molar-refractivity contribution in [3.05, 3.63) is 35.0 Å². The number of hydrogen-bond acceptors (Lipinski definition) is 5. The van der Waals surface area contributed by atoms with Crippen molar-refractivity contribution in [1.29, 1.82) is 0 Å². The predicted octanol–water partition coefficient (Wildman–Crippen LogP) is 7.02. The third kappa shape index (κ3) is 5.53. The molecule has 0 aliphatic rings. The molecule has 1 aromatic heterocycles. The van der Waals surface area contributed by atoms with E-state index in [1.54, 1.807) is 0 Å². The zero-order chi connectivity index (χ0) is 24.3. The van der Waals surface area contributed by atoms with Crippen molar-refractivity contribution in [3.8, 4) is 0 Å². The Kier molecular flexibility index (Phi) is 8.24. The molecule has 5 heteroatoms. The molecule has 0 saturated heterocycles. The zero-order valence-electron chi connectivity index (χ0n) is 21.6. The molecule has 0 aliphatic carbocycles. The monoisotopic (exact) mass is 432 g/mol. The van der Waals surface area contributed by atoms with Crippen LogP contribution in [0.4, 0.5) is 0 Å². The zero-order valence-corrected chi connectivity index (χ0v) is 21.6. The molecule has 1 rings (SSSR count). The average molecular weight is 433 g/mol. The summed E-state index contributed by atoms with van der Waals surface area (Å²) < 4.78 is 5.59. The molecule has 31 heavy (non-hydrogen) atoms. The normalized spacial score (nSPS) is 16.4. The van der Waals surface area contributed by atoms with Gasteiger partial charge in [-0.25, -0.2) is 0 Å². The molecular formula is C26H44N2O3. The maximum Gasteiger partial charge on any atom is 0.312 e. The summed E-state index contributed by atoms with van der Waals surface area (Å²) in [6, 6.07) is 6.06. The highest BCUT2D eigenvalue weighted by molar-refractivity contribution is 5.78. The summed E-state index contributed by atoms with van der Waals surface area (Å²) in [6.07, 6.45) is 2.78. The van der Waals surface area contributed by atoms with Crippen LogP contribution in [0.5, 0.6) is 0 Å². The van der Waals surface area contributed by atoms with Crippen LogP contribution < -0.4 is 0 Å². The highest BCUT2D eigenvalue weighted by atomic mass is 16.5. The number of pyridine rings is 1. The molecule has 0 spiro atoms. The van der Waals surface area contributed by atoms with Crippen LogP contribution in [0, 0.1) is 32.0 Å². The van der Waals surface area contributed by atoms with Gasteiger partial charge in [-0.15, -0.1) is 0 Å². The van der Waals surface area contributed by atoms with Gasteiger partial charge in [-0.1, -0.05) is 80.5 Å². The smallest absolute Gasteiger partial charge is 0.312 e. The molecule has 1 aromatic rings. The molecule has 0 aromatic carbocycles. The Balaban J connectivity index is 3.63. The molecule has 0 bridgehead atoms. The Morgan fingerprint density at radius 2 is 1.58 bits per heavy atom. The lowest BCUT2D eigenvalue weighted by atomic mass is 9.43. The van der Waals surface area contributed by atoms with E-state index >= 15 is 0 Å². The van der Waals surface area contributed by atoms with E-state index in [4.69, 9.17) is 9.72 Å². The lowest BCUT2D eigenvalue weighted by Gasteiger charge is -2.59. The largest absolute Gasteiger partial charge is 0.463 e. The number of esters is 1. The summed E-state index contributed by atoms with van der Waals surface area (Å²) in [4.78, 5) is 28.8. The SMILES string of the molecule is CC(C)(C)CC(c1ccccn1)C(C)(C)C(C)(C)C(C)(C(=O)OCCN=O)C(C)(C)C. The summed E-state index contributed by atoms with van der Waals surface area (Å²) in [5.74, 6) is -0.146. The highest BCUT2D eigenvalue weighted by Crippen LogP contribution is 2.64. The predicted molar refractivity (Wildman–Crippen MR) is 128 cm³/mol. The topological polar surface area (TPSA) is 68.6 Å². The minimum atomic E-state index is -0.822. The van der Waals surface area contributed by atoms with Crippen LogP contribution >= 0.6 is 0 Å². The molecule has 2 unspecified atom stereocenters. The van der Waals surface area contributed by atoms with Gasteiger partial charge in [0, 0.05) is 17.8 Å². The average Bonchev–Trinajstić information content (AvgIpc) is 2.64.